The SMILES string of the molecule is CC1=CSc2ccccc2CC1. The van der Waals surface area contributed by atoms with Gasteiger partial charge in [0.15, 0.2) is 0 Å². The van der Waals surface area contributed by atoms with Gasteiger partial charge in [-0.25, -0.2) is 0 Å². The maximum absolute atomic E-state index is 2.27. The number of fused-ring (bicyclic) bond motifs is 1. The summed E-state index contributed by atoms with van der Waals surface area (Å²) in [5, 5.41) is 2.27. The van der Waals surface area contributed by atoms with E-state index in [4.69, 9.17) is 0 Å². The first kappa shape index (κ1) is 7.93. The Morgan fingerprint density at radius 1 is 1.17 bits per heavy atom. The standard InChI is InChI=1S/C11H12S/c1-9-6-7-10-4-2-3-5-11(10)12-8-9/h2-5,8H,6-7H2,1H3. The number of hydrogen-bond donors (Lipinski definition) is 0. The van der Waals surface area contributed by atoms with Crippen molar-refractivity contribution in [2.75, 3.05) is 0 Å². The van der Waals surface area contributed by atoms with Gasteiger partial charge in [0.2, 0.25) is 0 Å². The number of benzene rings is 1. The number of aryl methyl sites for hydroxylation is 1. The highest BCUT2D eigenvalue weighted by atomic mass is 32.2. The molecular formula is C11H12S. The fourth-order valence-corrected chi connectivity index (χ4v) is 2.30. The largest absolute Gasteiger partial charge is 0.0978 e. The van der Waals surface area contributed by atoms with Gasteiger partial charge in [-0.05, 0) is 36.8 Å². The third-order valence-corrected chi connectivity index (χ3v) is 3.32. The molecule has 0 atom stereocenters. The van der Waals surface area contributed by atoms with Crippen LogP contribution in [0.2, 0.25) is 0 Å². The Kier molecular flexibility index (Phi) is 2.22. The van der Waals surface area contributed by atoms with Gasteiger partial charge in [-0.15, -0.1) is 0 Å². The van der Waals surface area contributed by atoms with Crippen LogP contribution in [0.15, 0.2) is 40.1 Å². The summed E-state index contributed by atoms with van der Waals surface area (Å²) in [5.74, 6) is 0. The Morgan fingerprint density at radius 3 is 2.92 bits per heavy atom. The van der Waals surface area contributed by atoms with Gasteiger partial charge >= 0.3 is 0 Å². The normalized spacial score (nSPS) is 16.2. The summed E-state index contributed by atoms with van der Waals surface area (Å²) < 4.78 is 0. The lowest BCUT2D eigenvalue weighted by atomic mass is 10.1. The molecule has 0 nitrogen and oxygen atoms in total. The molecule has 1 aliphatic heterocycles. The molecule has 1 aromatic rings. The molecule has 2 rings (SSSR count). The Balaban J connectivity index is 2.35. The number of thioether (sulfide) groups is 1. The van der Waals surface area contributed by atoms with Crippen molar-refractivity contribution in [3.05, 3.63) is 40.8 Å². The predicted octanol–water partition coefficient (Wildman–Crippen LogP) is 3.63. The van der Waals surface area contributed by atoms with Crippen molar-refractivity contribution in [3.8, 4) is 0 Å². The summed E-state index contributed by atoms with van der Waals surface area (Å²) in [5.41, 5.74) is 2.99. The molecule has 0 radical (unpaired) electrons. The zero-order valence-corrected chi connectivity index (χ0v) is 8.03. The maximum atomic E-state index is 2.27. The third-order valence-electron chi connectivity index (χ3n) is 2.15. The summed E-state index contributed by atoms with van der Waals surface area (Å²) in [6.45, 7) is 2.21. The molecule has 0 fully saturated rings. The van der Waals surface area contributed by atoms with Crippen LogP contribution in [-0.2, 0) is 6.42 Å². The average molecular weight is 176 g/mol. The van der Waals surface area contributed by atoms with Crippen LogP contribution in [0.3, 0.4) is 0 Å². The molecule has 0 saturated carbocycles. The van der Waals surface area contributed by atoms with Gasteiger partial charge in [0.1, 0.15) is 0 Å². The van der Waals surface area contributed by atoms with Gasteiger partial charge in [-0.1, -0.05) is 35.5 Å². The lowest BCUT2D eigenvalue weighted by molar-refractivity contribution is 0.928. The number of hydrogen-bond acceptors (Lipinski definition) is 1. The minimum absolute atomic E-state index is 1.20. The van der Waals surface area contributed by atoms with E-state index < -0.39 is 0 Å². The smallest absolute Gasteiger partial charge is 0.0148 e. The summed E-state index contributed by atoms with van der Waals surface area (Å²) in [7, 11) is 0. The summed E-state index contributed by atoms with van der Waals surface area (Å²) >= 11 is 1.86. The molecule has 1 aliphatic rings. The van der Waals surface area contributed by atoms with E-state index in [9.17, 15) is 0 Å². The van der Waals surface area contributed by atoms with Gasteiger partial charge in [0, 0.05) is 4.90 Å². The second-order valence-electron chi connectivity index (χ2n) is 3.19. The average Bonchev–Trinajstić information content (AvgIpc) is 2.29. The topological polar surface area (TPSA) is 0 Å². The highest BCUT2D eigenvalue weighted by Gasteiger charge is 2.05. The molecule has 1 aromatic carbocycles. The van der Waals surface area contributed by atoms with Crippen LogP contribution in [-0.4, -0.2) is 0 Å². The van der Waals surface area contributed by atoms with Crippen LogP contribution in [0.4, 0.5) is 0 Å². The summed E-state index contributed by atoms with van der Waals surface area (Å²) in [4.78, 5) is 1.43. The molecule has 0 saturated heterocycles. The van der Waals surface area contributed by atoms with Crippen molar-refractivity contribution in [3.63, 3.8) is 0 Å². The van der Waals surface area contributed by atoms with Gasteiger partial charge in [-0.2, -0.15) is 0 Å². The van der Waals surface area contributed by atoms with Crippen LogP contribution >= 0.6 is 11.8 Å². The van der Waals surface area contributed by atoms with Gasteiger partial charge in [-0.3, -0.25) is 0 Å². The van der Waals surface area contributed by atoms with E-state index in [-0.39, 0.29) is 0 Å². The molecule has 0 unspecified atom stereocenters. The van der Waals surface area contributed by atoms with E-state index in [0.29, 0.717) is 0 Å². The number of allylic oxidation sites excluding steroid dienone is 1. The van der Waals surface area contributed by atoms with Crippen LogP contribution < -0.4 is 0 Å². The molecule has 62 valence electrons. The highest BCUT2D eigenvalue weighted by molar-refractivity contribution is 8.02. The number of rotatable bonds is 0. The quantitative estimate of drug-likeness (QED) is 0.581. The second-order valence-corrected chi connectivity index (χ2v) is 4.10. The first-order valence-corrected chi connectivity index (χ1v) is 5.14. The first-order chi connectivity index (χ1) is 5.86. The summed E-state index contributed by atoms with van der Waals surface area (Å²) in [6, 6.07) is 8.67. The summed E-state index contributed by atoms with van der Waals surface area (Å²) in [6.07, 6.45) is 2.41. The van der Waals surface area contributed by atoms with E-state index in [1.165, 1.54) is 28.9 Å². The molecule has 1 heterocycles. The van der Waals surface area contributed by atoms with Crippen molar-refractivity contribution in [1.29, 1.82) is 0 Å². The molecule has 0 bridgehead atoms. The van der Waals surface area contributed by atoms with Crippen LogP contribution in [0.25, 0.3) is 0 Å². The molecule has 0 spiro atoms. The molecule has 1 heteroatoms. The fraction of sp³-hybridized carbons (Fsp3) is 0.273. The maximum Gasteiger partial charge on any atom is 0.0148 e. The van der Waals surface area contributed by atoms with E-state index in [2.05, 4.69) is 36.6 Å². The molecule has 0 aliphatic carbocycles. The lowest BCUT2D eigenvalue weighted by Gasteiger charge is -2.01. The second kappa shape index (κ2) is 3.36. The van der Waals surface area contributed by atoms with E-state index >= 15 is 0 Å². The van der Waals surface area contributed by atoms with Gasteiger partial charge < -0.3 is 0 Å². The first-order valence-electron chi connectivity index (χ1n) is 4.26. The Morgan fingerprint density at radius 2 is 2.00 bits per heavy atom. The highest BCUT2D eigenvalue weighted by Crippen LogP contribution is 2.30. The molecule has 0 amide bonds. The van der Waals surface area contributed by atoms with E-state index in [0.717, 1.165) is 0 Å². The van der Waals surface area contributed by atoms with Crippen LogP contribution in [0.1, 0.15) is 18.9 Å². The Labute approximate surface area is 77.7 Å². The predicted molar refractivity (Wildman–Crippen MR) is 54.4 cm³/mol. The molecule has 0 aromatic heterocycles. The van der Waals surface area contributed by atoms with Crippen molar-refractivity contribution >= 4 is 11.8 Å². The molecular weight excluding hydrogens is 164 g/mol. The molecule has 12 heavy (non-hydrogen) atoms. The lowest BCUT2D eigenvalue weighted by Crippen LogP contribution is -1.85. The van der Waals surface area contributed by atoms with Crippen molar-refractivity contribution < 1.29 is 0 Å². The minimum Gasteiger partial charge on any atom is -0.0978 e. The Hall–Kier alpha value is -0.690. The van der Waals surface area contributed by atoms with Gasteiger partial charge in [0.05, 0.1) is 0 Å². The van der Waals surface area contributed by atoms with E-state index in [1.54, 1.807) is 0 Å². The zero-order valence-electron chi connectivity index (χ0n) is 7.21. The Bertz CT molecular complexity index is 313. The van der Waals surface area contributed by atoms with Crippen LogP contribution in [0.5, 0.6) is 0 Å². The van der Waals surface area contributed by atoms with Crippen molar-refractivity contribution in [2.24, 2.45) is 0 Å². The third kappa shape index (κ3) is 1.56. The van der Waals surface area contributed by atoms with Crippen LogP contribution in [0, 0.1) is 0 Å². The van der Waals surface area contributed by atoms with Gasteiger partial charge in [0.25, 0.3) is 0 Å². The zero-order chi connectivity index (χ0) is 8.39. The van der Waals surface area contributed by atoms with Crippen molar-refractivity contribution in [2.45, 2.75) is 24.7 Å². The fourth-order valence-electron chi connectivity index (χ4n) is 1.38. The minimum atomic E-state index is 1.20. The molecule has 0 N–H and O–H groups in total. The monoisotopic (exact) mass is 176 g/mol. The van der Waals surface area contributed by atoms with Crippen molar-refractivity contribution in [1.82, 2.24) is 0 Å². The van der Waals surface area contributed by atoms with E-state index in [1.807, 2.05) is 11.8 Å².